The van der Waals surface area contributed by atoms with E-state index in [0.29, 0.717) is 50.0 Å². The lowest BCUT2D eigenvalue weighted by Gasteiger charge is -2.26. The number of ether oxygens (including phenoxy) is 1. The number of amides is 2. The zero-order valence-electron chi connectivity index (χ0n) is 13.2. The van der Waals surface area contributed by atoms with Gasteiger partial charge >= 0.3 is 0 Å². The largest absolute Gasteiger partial charge is 0.378 e. The van der Waals surface area contributed by atoms with Gasteiger partial charge in [0.1, 0.15) is 0 Å². The Morgan fingerprint density at radius 1 is 1.17 bits per heavy atom. The molecule has 2 fully saturated rings. The second-order valence-electron chi connectivity index (χ2n) is 5.99. The Morgan fingerprint density at radius 2 is 1.87 bits per heavy atom. The molecule has 2 aliphatic heterocycles. The first-order valence-electron chi connectivity index (χ1n) is 8.23. The number of hydrogen-bond acceptors (Lipinski definition) is 4. The fourth-order valence-corrected chi connectivity index (χ4v) is 2.96. The molecule has 0 unspecified atom stereocenters. The second kappa shape index (κ2) is 7.57. The van der Waals surface area contributed by atoms with Crippen LogP contribution in [0.15, 0.2) is 24.3 Å². The van der Waals surface area contributed by atoms with Crippen molar-refractivity contribution in [3.8, 4) is 0 Å². The molecule has 1 aromatic rings. The van der Waals surface area contributed by atoms with E-state index in [1.165, 1.54) is 6.42 Å². The van der Waals surface area contributed by atoms with Crippen LogP contribution in [-0.2, 0) is 4.74 Å². The molecule has 2 aliphatic rings. The maximum absolute atomic E-state index is 12.3. The van der Waals surface area contributed by atoms with Crippen LogP contribution in [0.5, 0.6) is 0 Å². The van der Waals surface area contributed by atoms with Crippen molar-refractivity contribution in [2.24, 2.45) is 0 Å². The molecule has 0 spiro atoms. The SMILES string of the molecule is O=C(NC[C@@H]1CCCN1)c1ccc(C(=O)N2CCOCC2)cc1. The third-order valence-corrected chi connectivity index (χ3v) is 4.36. The molecular formula is C17H23N3O3. The van der Waals surface area contributed by atoms with Gasteiger partial charge in [-0.05, 0) is 43.7 Å². The minimum Gasteiger partial charge on any atom is -0.378 e. The van der Waals surface area contributed by atoms with Gasteiger partial charge in [-0.25, -0.2) is 0 Å². The maximum Gasteiger partial charge on any atom is 0.254 e. The highest BCUT2D eigenvalue weighted by molar-refractivity contribution is 5.97. The normalized spacial score (nSPS) is 21.2. The number of benzene rings is 1. The first kappa shape index (κ1) is 16.0. The summed E-state index contributed by atoms with van der Waals surface area (Å²) in [6, 6.07) is 7.25. The zero-order valence-corrected chi connectivity index (χ0v) is 13.2. The lowest BCUT2D eigenvalue weighted by Crippen LogP contribution is -2.40. The smallest absolute Gasteiger partial charge is 0.254 e. The lowest BCUT2D eigenvalue weighted by atomic mass is 10.1. The number of nitrogens with zero attached hydrogens (tertiary/aromatic N) is 1. The molecule has 0 aromatic heterocycles. The van der Waals surface area contributed by atoms with Gasteiger partial charge < -0.3 is 20.3 Å². The molecule has 1 aromatic carbocycles. The van der Waals surface area contributed by atoms with Gasteiger partial charge in [0.05, 0.1) is 13.2 Å². The summed E-state index contributed by atoms with van der Waals surface area (Å²) >= 11 is 0. The predicted molar refractivity (Wildman–Crippen MR) is 86.5 cm³/mol. The van der Waals surface area contributed by atoms with Crippen molar-refractivity contribution in [2.45, 2.75) is 18.9 Å². The molecule has 3 rings (SSSR count). The van der Waals surface area contributed by atoms with Gasteiger partial charge in [-0.3, -0.25) is 9.59 Å². The van der Waals surface area contributed by atoms with Crippen molar-refractivity contribution in [3.05, 3.63) is 35.4 Å². The maximum atomic E-state index is 12.3. The van der Waals surface area contributed by atoms with Gasteiger partial charge in [-0.1, -0.05) is 0 Å². The topological polar surface area (TPSA) is 70.7 Å². The molecule has 2 heterocycles. The monoisotopic (exact) mass is 317 g/mol. The molecule has 2 amide bonds. The van der Waals surface area contributed by atoms with Gasteiger partial charge in [0.15, 0.2) is 0 Å². The van der Waals surface area contributed by atoms with Crippen LogP contribution in [0.3, 0.4) is 0 Å². The van der Waals surface area contributed by atoms with Crippen LogP contribution < -0.4 is 10.6 Å². The first-order chi connectivity index (χ1) is 11.2. The summed E-state index contributed by atoms with van der Waals surface area (Å²) in [5.74, 6) is -0.0977. The Morgan fingerprint density at radius 3 is 2.52 bits per heavy atom. The zero-order chi connectivity index (χ0) is 16.1. The van der Waals surface area contributed by atoms with E-state index in [2.05, 4.69) is 10.6 Å². The van der Waals surface area contributed by atoms with Crippen molar-refractivity contribution < 1.29 is 14.3 Å². The molecule has 0 saturated carbocycles. The van der Waals surface area contributed by atoms with Crippen molar-refractivity contribution >= 4 is 11.8 Å². The quantitative estimate of drug-likeness (QED) is 0.855. The fourth-order valence-electron chi connectivity index (χ4n) is 2.96. The van der Waals surface area contributed by atoms with E-state index in [-0.39, 0.29) is 11.8 Å². The number of nitrogens with one attached hydrogen (secondary N) is 2. The van der Waals surface area contributed by atoms with Crippen LogP contribution >= 0.6 is 0 Å². The van der Waals surface area contributed by atoms with Crippen LogP contribution in [0, 0.1) is 0 Å². The van der Waals surface area contributed by atoms with Gasteiger partial charge in [0, 0.05) is 36.8 Å². The highest BCUT2D eigenvalue weighted by Crippen LogP contribution is 2.10. The summed E-state index contributed by atoms with van der Waals surface area (Å²) in [4.78, 5) is 26.3. The molecule has 124 valence electrons. The Hall–Kier alpha value is -1.92. The van der Waals surface area contributed by atoms with Gasteiger partial charge in [0.25, 0.3) is 11.8 Å². The Kier molecular flexibility index (Phi) is 5.25. The standard InChI is InChI=1S/C17H23N3O3/c21-16(19-12-15-2-1-7-18-15)13-3-5-14(6-4-13)17(22)20-8-10-23-11-9-20/h3-6,15,18H,1-2,7-12H2,(H,19,21)/t15-/m0/s1. The number of rotatable bonds is 4. The predicted octanol–water partition coefficient (Wildman–Crippen LogP) is 0.641. The Labute approximate surface area is 136 Å². The third kappa shape index (κ3) is 4.09. The fraction of sp³-hybridized carbons (Fsp3) is 0.529. The minimum atomic E-state index is -0.0935. The summed E-state index contributed by atoms with van der Waals surface area (Å²) in [7, 11) is 0. The van der Waals surface area contributed by atoms with Crippen LogP contribution in [0.1, 0.15) is 33.6 Å². The lowest BCUT2D eigenvalue weighted by molar-refractivity contribution is 0.0303. The molecule has 6 nitrogen and oxygen atoms in total. The second-order valence-corrected chi connectivity index (χ2v) is 5.99. The molecule has 0 aliphatic carbocycles. The van der Waals surface area contributed by atoms with Crippen molar-refractivity contribution in [2.75, 3.05) is 39.4 Å². The average Bonchev–Trinajstić information content (AvgIpc) is 3.13. The van der Waals surface area contributed by atoms with Crippen LogP contribution in [0.25, 0.3) is 0 Å². The first-order valence-corrected chi connectivity index (χ1v) is 8.23. The van der Waals surface area contributed by atoms with E-state index in [4.69, 9.17) is 4.74 Å². The molecule has 2 saturated heterocycles. The third-order valence-electron chi connectivity index (χ3n) is 4.36. The van der Waals surface area contributed by atoms with E-state index in [9.17, 15) is 9.59 Å². The number of carbonyl (C=O) groups is 2. The highest BCUT2D eigenvalue weighted by atomic mass is 16.5. The van der Waals surface area contributed by atoms with Crippen molar-refractivity contribution in [1.29, 1.82) is 0 Å². The van der Waals surface area contributed by atoms with E-state index in [0.717, 1.165) is 13.0 Å². The van der Waals surface area contributed by atoms with Crippen LogP contribution in [0.4, 0.5) is 0 Å². The number of hydrogen-bond donors (Lipinski definition) is 2. The van der Waals surface area contributed by atoms with Gasteiger partial charge in [-0.15, -0.1) is 0 Å². The molecular weight excluding hydrogens is 294 g/mol. The summed E-state index contributed by atoms with van der Waals surface area (Å²) < 4.78 is 5.25. The van der Waals surface area contributed by atoms with E-state index in [1.807, 2.05) is 0 Å². The van der Waals surface area contributed by atoms with Crippen LogP contribution in [0.2, 0.25) is 0 Å². The summed E-state index contributed by atoms with van der Waals surface area (Å²) in [5, 5.41) is 6.29. The number of morpholine rings is 1. The van der Waals surface area contributed by atoms with Crippen molar-refractivity contribution in [3.63, 3.8) is 0 Å². The molecule has 1 atom stereocenters. The van der Waals surface area contributed by atoms with Gasteiger partial charge in [0.2, 0.25) is 0 Å². The number of carbonyl (C=O) groups excluding carboxylic acids is 2. The van der Waals surface area contributed by atoms with E-state index < -0.39 is 0 Å². The summed E-state index contributed by atoms with van der Waals surface area (Å²) in [5.41, 5.74) is 1.20. The minimum absolute atomic E-state index is 0.00425. The Bertz CT molecular complexity index is 547. The van der Waals surface area contributed by atoms with E-state index in [1.54, 1.807) is 29.2 Å². The van der Waals surface area contributed by atoms with Crippen LogP contribution in [-0.4, -0.2) is 62.1 Å². The summed E-state index contributed by atoms with van der Waals surface area (Å²) in [6.07, 6.45) is 2.27. The Balaban J connectivity index is 1.55. The summed E-state index contributed by atoms with van der Waals surface area (Å²) in [6.45, 7) is 4.08. The average molecular weight is 317 g/mol. The molecule has 0 radical (unpaired) electrons. The molecule has 23 heavy (non-hydrogen) atoms. The highest BCUT2D eigenvalue weighted by Gasteiger charge is 2.19. The van der Waals surface area contributed by atoms with E-state index >= 15 is 0 Å². The van der Waals surface area contributed by atoms with Crippen molar-refractivity contribution in [1.82, 2.24) is 15.5 Å². The molecule has 2 N–H and O–H groups in total. The van der Waals surface area contributed by atoms with Gasteiger partial charge in [-0.2, -0.15) is 0 Å². The molecule has 0 bridgehead atoms. The molecule has 6 heteroatoms.